The van der Waals surface area contributed by atoms with E-state index in [9.17, 15) is 5.11 Å². The van der Waals surface area contributed by atoms with Crippen LogP contribution in [0.15, 0.2) is 48.5 Å². The van der Waals surface area contributed by atoms with Crippen LogP contribution in [0.3, 0.4) is 0 Å². The molecule has 38 heavy (non-hydrogen) atoms. The number of nitrogens with zero attached hydrogens (tertiary/aromatic N) is 6. The summed E-state index contributed by atoms with van der Waals surface area (Å²) in [6, 6.07) is 17.3. The molecule has 194 valence electrons. The number of hydrogen-bond acceptors (Lipinski definition) is 6. The number of aliphatic hydroxyl groups is 1. The lowest BCUT2D eigenvalue weighted by molar-refractivity contribution is 0.160. The van der Waals surface area contributed by atoms with Crippen molar-refractivity contribution < 1.29 is 5.11 Å². The number of aliphatic hydroxyl groups excluding tert-OH is 1. The lowest BCUT2D eigenvalue weighted by Crippen LogP contribution is -2.12. The number of aromatic nitrogens is 7. The number of pyridine rings is 1. The Labute approximate surface area is 222 Å². The molecular weight excluding hydrogens is 474 g/mol. The minimum atomic E-state index is -0.287. The molecule has 2 atom stereocenters. The first-order valence-corrected chi connectivity index (χ1v) is 13.6. The third kappa shape index (κ3) is 4.28. The van der Waals surface area contributed by atoms with Gasteiger partial charge in [-0.25, -0.2) is 9.97 Å². The van der Waals surface area contributed by atoms with Crippen LogP contribution in [0.2, 0.25) is 0 Å². The van der Waals surface area contributed by atoms with Gasteiger partial charge in [-0.05, 0) is 78.1 Å². The van der Waals surface area contributed by atoms with Crippen molar-refractivity contribution in [3.8, 4) is 22.5 Å². The van der Waals surface area contributed by atoms with Gasteiger partial charge in [0.15, 0.2) is 5.65 Å². The molecule has 2 aromatic carbocycles. The number of benzene rings is 2. The Kier molecular flexibility index (Phi) is 6.49. The average molecular weight is 508 g/mol. The van der Waals surface area contributed by atoms with Crippen molar-refractivity contribution >= 4 is 11.2 Å². The molecule has 8 heteroatoms. The number of H-pyrrole nitrogens is 1. The van der Waals surface area contributed by atoms with Crippen LogP contribution < -0.4 is 0 Å². The molecule has 1 aliphatic rings. The molecular formula is C30H33N7O. The van der Waals surface area contributed by atoms with Crippen LogP contribution in [-0.2, 0) is 19.3 Å². The summed E-state index contributed by atoms with van der Waals surface area (Å²) in [5.74, 6) is 1.67. The summed E-state index contributed by atoms with van der Waals surface area (Å²) in [5, 5.41) is 24.8. The Hall–Kier alpha value is -3.91. The summed E-state index contributed by atoms with van der Waals surface area (Å²) in [6.45, 7) is 6.30. The van der Waals surface area contributed by atoms with Gasteiger partial charge in [0.25, 0.3) is 0 Å². The molecule has 8 nitrogen and oxygen atoms in total. The predicted molar refractivity (Wildman–Crippen MR) is 148 cm³/mol. The number of aromatic amines is 1. The molecule has 2 unspecified atom stereocenters. The zero-order valence-corrected chi connectivity index (χ0v) is 22.1. The van der Waals surface area contributed by atoms with Gasteiger partial charge in [-0.1, -0.05) is 56.3 Å². The second-order valence-electron chi connectivity index (χ2n) is 10.2. The van der Waals surface area contributed by atoms with Gasteiger partial charge in [-0.3, -0.25) is 0 Å². The van der Waals surface area contributed by atoms with Crippen LogP contribution in [0, 0.1) is 6.92 Å². The van der Waals surface area contributed by atoms with Gasteiger partial charge in [-0.15, -0.1) is 10.2 Å². The molecule has 0 fully saturated rings. The summed E-state index contributed by atoms with van der Waals surface area (Å²) in [6.07, 6.45) is 4.84. The van der Waals surface area contributed by atoms with Crippen LogP contribution >= 0.6 is 0 Å². The highest BCUT2D eigenvalue weighted by molar-refractivity contribution is 5.81. The highest BCUT2D eigenvalue weighted by Gasteiger charge is 2.29. The lowest BCUT2D eigenvalue weighted by Gasteiger charge is -2.18. The zero-order chi connectivity index (χ0) is 26.2. The molecule has 0 saturated heterocycles. The summed E-state index contributed by atoms with van der Waals surface area (Å²) in [7, 11) is 0. The number of imidazole rings is 1. The minimum absolute atomic E-state index is 0.204. The van der Waals surface area contributed by atoms with Gasteiger partial charge in [0.1, 0.15) is 11.3 Å². The van der Waals surface area contributed by atoms with Gasteiger partial charge in [-0.2, -0.15) is 5.21 Å². The van der Waals surface area contributed by atoms with E-state index in [1.807, 2.05) is 25.1 Å². The second-order valence-corrected chi connectivity index (χ2v) is 10.2. The monoisotopic (exact) mass is 507 g/mol. The number of rotatable bonds is 8. The first kappa shape index (κ1) is 24.4. The maximum atomic E-state index is 10.1. The molecule has 0 aliphatic heterocycles. The van der Waals surface area contributed by atoms with Gasteiger partial charge in [0.2, 0.25) is 5.82 Å². The fourth-order valence-electron chi connectivity index (χ4n) is 5.79. The Morgan fingerprint density at radius 1 is 1.08 bits per heavy atom. The summed E-state index contributed by atoms with van der Waals surface area (Å²) < 4.78 is 2.38. The highest BCUT2D eigenvalue weighted by atomic mass is 16.3. The van der Waals surface area contributed by atoms with Crippen molar-refractivity contribution in [2.75, 3.05) is 0 Å². The number of nitrogens with one attached hydrogen (secondary N) is 1. The standard InChI is InChI=1S/C30H33N7O/c1-4-22(38)13-12-21-16-18(3)28-30(31-21)37(27(5-2)32-28)26-15-11-20-17-19(10-14-24(20)26)23-8-6-7-9-25(23)29-33-35-36-34-29/h6-10,14,16-17,22,26,38H,4-5,11-13,15H2,1-3H3,(H,33,34,35,36). The normalized spacial score (nSPS) is 15.7. The van der Waals surface area contributed by atoms with Gasteiger partial charge in [0, 0.05) is 17.7 Å². The number of hydrogen-bond donors (Lipinski definition) is 2. The maximum absolute atomic E-state index is 10.1. The van der Waals surface area contributed by atoms with Crippen LogP contribution in [0.4, 0.5) is 0 Å². The number of tetrazole rings is 1. The SMILES string of the molecule is CCc1nc2c(C)cc(CCC(O)CC)nc2n1C1CCc2cc(-c3ccccc3-c3nn[nH]n3)ccc21. The maximum Gasteiger partial charge on any atom is 0.205 e. The van der Waals surface area contributed by atoms with Gasteiger partial charge < -0.3 is 9.67 Å². The van der Waals surface area contributed by atoms with Crippen molar-refractivity contribution in [2.45, 2.75) is 71.4 Å². The molecule has 0 saturated carbocycles. The summed E-state index contributed by atoms with van der Waals surface area (Å²) in [4.78, 5) is 10.1. The van der Waals surface area contributed by atoms with Crippen LogP contribution in [0.25, 0.3) is 33.7 Å². The van der Waals surface area contributed by atoms with Crippen molar-refractivity contribution in [1.29, 1.82) is 0 Å². The first-order chi connectivity index (χ1) is 18.6. The van der Waals surface area contributed by atoms with E-state index in [4.69, 9.17) is 9.97 Å². The van der Waals surface area contributed by atoms with Crippen LogP contribution in [0.1, 0.15) is 67.4 Å². The Balaban J connectivity index is 1.40. The molecule has 3 heterocycles. The zero-order valence-electron chi connectivity index (χ0n) is 22.1. The molecule has 2 N–H and O–H groups in total. The van der Waals surface area contributed by atoms with E-state index in [2.05, 4.69) is 69.4 Å². The van der Waals surface area contributed by atoms with E-state index in [1.165, 1.54) is 11.1 Å². The third-order valence-electron chi connectivity index (χ3n) is 7.81. The highest BCUT2D eigenvalue weighted by Crippen LogP contribution is 2.40. The fraction of sp³-hybridized carbons (Fsp3) is 0.367. The summed E-state index contributed by atoms with van der Waals surface area (Å²) in [5.41, 5.74) is 10.0. The predicted octanol–water partition coefficient (Wildman–Crippen LogP) is 5.39. The molecule has 3 aromatic heterocycles. The lowest BCUT2D eigenvalue weighted by atomic mass is 9.96. The number of aryl methyl sites for hydroxylation is 4. The van der Waals surface area contributed by atoms with E-state index in [-0.39, 0.29) is 12.1 Å². The number of fused-ring (bicyclic) bond motifs is 2. The molecule has 0 amide bonds. The van der Waals surface area contributed by atoms with E-state index in [1.54, 1.807) is 0 Å². The van der Waals surface area contributed by atoms with Crippen LogP contribution in [-0.4, -0.2) is 46.4 Å². The molecule has 6 rings (SSSR count). The fourth-order valence-corrected chi connectivity index (χ4v) is 5.79. The average Bonchev–Trinajstić information content (AvgIpc) is 3.70. The Bertz CT molecular complexity index is 1590. The first-order valence-electron chi connectivity index (χ1n) is 13.6. The van der Waals surface area contributed by atoms with Crippen molar-refractivity contribution in [1.82, 2.24) is 35.2 Å². The van der Waals surface area contributed by atoms with Crippen molar-refractivity contribution in [2.24, 2.45) is 0 Å². The molecule has 0 radical (unpaired) electrons. The second kappa shape index (κ2) is 10.1. The molecule has 0 bridgehead atoms. The van der Waals surface area contributed by atoms with Gasteiger partial charge in [0.05, 0.1) is 12.1 Å². The van der Waals surface area contributed by atoms with Crippen LogP contribution in [0.5, 0.6) is 0 Å². The van der Waals surface area contributed by atoms with Crippen molar-refractivity contribution in [3.05, 3.63) is 76.7 Å². The molecule has 1 aliphatic carbocycles. The third-order valence-corrected chi connectivity index (χ3v) is 7.81. The van der Waals surface area contributed by atoms with E-state index >= 15 is 0 Å². The van der Waals surface area contributed by atoms with E-state index < -0.39 is 0 Å². The Morgan fingerprint density at radius 2 is 1.92 bits per heavy atom. The van der Waals surface area contributed by atoms with Crippen molar-refractivity contribution in [3.63, 3.8) is 0 Å². The minimum Gasteiger partial charge on any atom is -0.393 e. The molecule has 5 aromatic rings. The summed E-state index contributed by atoms with van der Waals surface area (Å²) >= 11 is 0. The largest absolute Gasteiger partial charge is 0.393 e. The topological polar surface area (TPSA) is 105 Å². The van der Waals surface area contributed by atoms with Gasteiger partial charge >= 0.3 is 0 Å². The quantitative estimate of drug-likeness (QED) is 0.292. The Morgan fingerprint density at radius 3 is 2.68 bits per heavy atom. The van der Waals surface area contributed by atoms with E-state index in [0.717, 1.165) is 83.5 Å². The smallest absolute Gasteiger partial charge is 0.205 e. The van der Waals surface area contributed by atoms with E-state index in [0.29, 0.717) is 5.82 Å². The molecule has 0 spiro atoms.